The predicted molar refractivity (Wildman–Crippen MR) is 133 cm³/mol. The summed E-state index contributed by atoms with van der Waals surface area (Å²) < 4.78 is 6.45. The van der Waals surface area contributed by atoms with Gasteiger partial charge < -0.3 is 10.1 Å². The van der Waals surface area contributed by atoms with Gasteiger partial charge in [0.25, 0.3) is 0 Å². The van der Waals surface area contributed by atoms with E-state index in [4.69, 9.17) is 9.84 Å². The Hall–Kier alpha value is -3.45. The van der Waals surface area contributed by atoms with Gasteiger partial charge in [-0.05, 0) is 41.0 Å². The summed E-state index contributed by atoms with van der Waals surface area (Å²) in [4.78, 5) is 16.3. The van der Waals surface area contributed by atoms with Crippen LogP contribution in [-0.2, 0) is 0 Å². The van der Waals surface area contributed by atoms with Crippen LogP contribution in [0.25, 0.3) is 0 Å². The molecule has 3 aromatic carbocycles. The Bertz CT molecular complexity index is 1210. The van der Waals surface area contributed by atoms with Crippen molar-refractivity contribution in [2.45, 2.75) is 24.5 Å². The summed E-state index contributed by atoms with van der Waals surface area (Å²) >= 11 is 3.51. The van der Waals surface area contributed by atoms with Gasteiger partial charge >= 0.3 is 6.03 Å². The zero-order chi connectivity index (χ0) is 22.8. The normalized spacial score (nSPS) is 22.1. The molecule has 0 saturated heterocycles. The smallest absolute Gasteiger partial charge is 0.341 e. The summed E-state index contributed by atoms with van der Waals surface area (Å²) in [5, 5.41) is 10.2. The summed E-state index contributed by atoms with van der Waals surface area (Å²) in [6, 6.07) is 25.4. The average molecular weight is 503 g/mol. The van der Waals surface area contributed by atoms with Gasteiger partial charge in [0.2, 0.25) is 0 Å². The second kappa shape index (κ2) is 9.19. The Morgan fingerprint density at radius 2 is 1.76 bits per heavy atom. The molecule has 0 fully saturated rings. The van der Waals surface area contributed by atoms with Crippen LogP contribution in [0, 0.1) is 0 Å². The summed E-state index contributed by atoms with van der Waals surface area (Å²) in [6.07, 6.45) is 2.47. The monoisotopic (exact) mass is 502 g/mol. The van der Waals surface area contributed by atoms with Crippen molar-refractivity contribution in [1.29, 1.82) is 0 Å². The quantitative estimate of drug-likeness (QED) is 0.499. The van der Waals surface area contributed by atoms with Gasteiger partial charge in [-0.2, -0.15) is 5.10 Å². The maximum absolute atomic E-state index is 12.2. The highest BCUT2D eigenvalue weighted by Crippen LogP contribution is 2.38. The van der Waals surface area contributed by atoms with Crippen LogP contribution in [0.2, 0.25) is 0 Å². The molecule has 3 aromatic rings. The molecule has 0 saturated carbocycles. The molecule has 5 rings (SSSR count). The number of halogens is 1. The highest BCUT2D eigenvalue weighted by atomic mass is 79.9. The van der Waals surface area contributed by atoms with E-state index in [0.717, 1.165) is 33.5 Å². The average Bonchev–Trinajstić information content (AvgIpc) is 3.30. The lowest BCUT2D eigenvalue weighted by atomic mass is 9.94. The summed E-state index contributed by atoms with van der Waals surface area (Å²) in [6.45, 7) is 0. The third-order valence-corrected chi connectivity index (χ3v) is 6.56. The van der Waals surface area contributed by atoms with Crippen LogP contribution in [0.15, 0.2) is 93.4 Å². The fourth-order valence-corrected chi connectivity index (χ4v) is 4.65. The van der Waals surface area contributed by atoms with Gasteiger partial charge in [-0.25, -0.2) is 9.79 Å². The van der Waals surface area contributed by atoms with Crippen LogP contribution in [0.4, 0.5) is 4.79 Å². The number of hydrazone groups is 1. The maximum Gasteiger partial charge on any atom is 0.341 e. The van der Waals surface area contributed by atoms with Crippen molar-refractivity contribution in [3.05, 3.63) is 100 Å². The molecule has 2 aliphatic rings. The first-order valence-electron chi connectivity index (χ1n) is 10.8. The molecule has 2 aliphatic heterocycles. The van der Waals surface area contributed by atoms with E-state index < -0.39 is 0 Å². The molecule has 3 atom stereocenters. The number of urea groups is 1. The third-order valence-electron chi connectivity index (χ3n) is 6.03. The van der Waals surface area contributed by atoms with E-state index in [1.807, 2.05) is 54.6 Å². The molecular weight excluding hydrogens is 480 g/mol. The van der Waals surface area contributed by atoms with Crippen LogP contribution < -0.4 is 10.1 Å². The van der Waals surface area contributed by atoms with Gasteiger partial charge in [0, 0.05) is 17.1 Å². The Morgan fingerprint density at radius 1 is 1.00 bits per heavy atom. The van der Waals surface area contributed by atoms with Crippen molar-refractivity contribution in [3.63, 3.8) is 0 Å². The first-order valence-corrected chi connectivity index (χ1v) is 11.6. The van der Waals surface area contributed by atoms with E-state index in [9.17, 15) is 4.79 Å². The number of carbonyl (C=O) groups is 1. The molecule has 0 spiro atoms. The first kappa shape index (κ1) is 21.4. The molecule has 2 amide bonds. The number of carbonyl (C=O) groups excluding carboxylic acids is 1. The lowest BCUT2D eigenvalue weighted by Crippen LogP contribution is -2.48. The van der Waals surface area contributed by atoms with Crippen LogP contribution in [0.3, 0.4) is 0 Å². The second-order valence-corrected chi connectivity index (χ2v) is 8.95. The topological polar surface area (TPSA) is 66.3 Å². The Kier molecular flexibility index (Phi) is 5.96. The predicted octanol–water partition coefficient (Wildman–Crippen LogP) is 5.51. The minimum absolute atomic E-state index is 0.0180. The molecule has 0 aliphatic carbocycles. The van der Waals surface area contributed by atoms with E-state index in [1.165, 1.54) is 5.56 Å². The Labute approximate surface area is 201 Å². The summed E-state index contributed by atoms with van der Waals surface area (Å²) in [5.41, 5.74) is 4.20. The standard InChI is InChI=1S/C26H23BrN4O2/c1-33-21-9-5-8-19(14-21)25-24(16-28-26(32)29-25)31-23(18-6-3-2-4-7-18)15-22(30-31)17-10-12-20(27)13-11-17/h2-14,16,23-25H,15H2,1H3,(H,29,32)/t23-,24+,25+/m1/s1. The van der Waals surface area contributed by atoms with Crippen molar-refractivity contribution in [3.8, 4) is 5.75 Å². The van der Waals surface area contributed by atoms with Crippen molar-refractivity contribution in [1.82, 2.24) is 10.3 Å². The molecule has 2 heterocycles. The number of benzene rings is 3. The number of aliphatic imine (C=N–C) groups is 1. The highest BCUT2D eigenvalue weighted by Gasteiger charge is 2.39. The van der Waals surface area contributed by atoms with Crippen LogP contribution in [0.1, 0.15) is 35.2 Å². The number of rotatable bonds is 5. The van der Waals surface area contributed by atoms with E-state index >= 15 is 0 Å². The second-order valence-electron chi connectivity index (χ2n) is 8.04. The summed E-state index contributed by atoms with van der Waals surface area (Å²) in [7, 11) is 1.64. The molecule has 0 bridgehead atoms. The van der Waals surface area contributed by atoms with E-state index in [-0.39, 0.29) is 24.2 Å². The minimum atomic E-state index is -0.355. The molecule has 0 radical (unpaired) electrons. The highest BCUT2D eigenvalue weighted by molar-refractivity contribution is 9.10. The lowest BCUT2D eigenvalue weighted by Gasteiger charge is -2.37. The van der Waals surface area contributed by atoms with E-state index in [1.54, 1.807) is 13.3 Å². The van der Waals surface area contributed by atoms with E-state index in [0.29, 0.717) is 0 Å². The number of hydrogen-bond donors (Lipinski definition) is 1. The van der Waals surface area contributed by atoms with Gasteiger partial charge in [0.1, 0.15) is 11.8 Å². The van der Waals surface area contributed by atoms with Gasteiger partial charge in [-0.1, -0.05) is 70.5 Å². The zero-order valence-corrected chi connectivity index (χ0v) is 19.6. The van der Waals surface area contributed by atoms with Crippen molar-refractivity contribution < 1.29 is 9.53 Å². The van der Waals surface area contributed by atoms with Crippen molar-refractivity contribution >= 4 is 33.9 Å². The molecule has 166 valence electrons. The fraction of sp³-hybridized carbons (Fsp3) is 0.192. The van der Waals surface area contributed by atoms with Crippen LogP contribution >= 0.6 is 15.9 Å². The first-order chi connectivity index (χ1) is 16.1. The molecular formula is C26H23BrN4O2. The summed E-state index contributed by atoms with van der Waals surface area (Å²) in [5.74, 6) is 0.739. The number of nitrogens with one attached hydrogen (secondary N) is 1. The van der Waals surface area contributed by atoms with Gasteiger partial charge in [-0.3, -0.25) is 5.01 Å². The molecule has 0 unspecified atom stereocenters. The van der Waals surface area contributed by atoms with Gasteiger partial charge in [0.15, 0.2) is 0 Å². The number of hydrogen-bond acceptors (Lipinski definition) is 4. The van der Waals surface area contributed by atoms with Crippen LogP contribution in [-0.4, -0.2) is 36.1 Å². The Balaban J connectivity index is 1.57. The minimum Gasteiger partial charge on any atom is -0.497 e. The molecule has 0 aromatic heterocycles. The van der Waals surface area contributed by atoms with Crippen molar-refractivity contribution in [2.24, 2.45) is 10.1 Å². The third kappa shape index (κ3) is 4.41. The number of ether oxygens (including phenoxy) is 1. The largest absolute Gasteiger partial charge is 0.497 e. The number of amides is 2. The van der Waals surface area contributed by atoms with Gasteiger partial charge in [-0.15, -0.1) is 0 Å². The Morgan fingerprint density at radius 3 is 2.52 bits per heavy atom. The molecule has 7 heteroatoms. The fourth-order valence-electron chi connectivity index (χ4n) is 4.39. The maximum atomic E-state index is 12.2. The van der Waals surface area contributed by atoms with Crippen LogP contribution in [0.5, 0.6) is 5.75 Å². The molecule has 1 N–H and O–H groups in total. The zero-order valence-electron chi connectivity index (χ0n) is 18.1. The van der Waals surface area contributed by atoms with E-state index in [2.05, 4.69) is 55.5 Å². The molecule has 33 heavy (non-hydrogen) atoms. The number of nitrogens with zero attached hydrogens (tertiary/aromatic N) is 3. The molecule has 6 nitrogen and oxygen atoms in total. The SMILES string of the molecule is COc1cccc([C@@H]2NC(=O)N=C[C@@H]2N2N=C(c3ccc(Br)cc3)C[C@@H]2c2ccccc2)c1. The number of methoxy groups -OCH3 is 1. The lowest BCUT2D eigenvalue weighted by molar-refractivity contribution is 0.167. The van der Waals surface area contributed by atoms with Crippen molar-refractivity contribution in [2.75, 3.05) is 7.11 Å². The van der Waals surface area contributed by atoms with Gasteiger partial charge in [0.05, 0.1) is 24.9 Å².